The summed E-state index contributed by atoms with van der Waals surface area (Å²) in [6, 6.07) is 2.83. The van der Waals surface area contributed by atoms with Crippen LogP contribution >= 0.6 is 0 Å². The van der Waals surface area contributed by atoms with E-state index in [0.29, 0.717) is 25.3 Å². The molecule has 0 atom stereocenters. The number of pyridine rings is 1. The summed E-state index contributed by atoms with van der Waals surface area (Å²) in [5.74, 6) is -1.24. The van der Waals surface area contributed by atoms with Crippen LogP contribution in [0, 0.1) is 0 Å². The van der Waals surface area contributed by atoms with Crippen LogP contribution < -0.4 is 0 Å². The minimum absolute atomic E-state index is 0.0672. The van der Waals surface area contributed by atoms with Gasteiger partial charge < -0.3 is 14.7 Å². The van der Waals surface area contributed by atoms with Crippen LogP contribution in [0.4, 0.5) is 0 Å². The van der Waals surface area contributed by atoms with Gasteiger partial charge in [-0.1, -0.05) is 6.08 Å². The van der Waals surface area contributed by atoms with E-state index in [1.54, 1.807) is 12.0 Å². The van der Waals surface area contributed by atoms with Crippen LogP contribution in [0.3, 0.4) is 0 Å². The van der Waals surface area contributed by atoms with Crippen molar-refractivity contribution in [1.29, 1.82) is 0 Å². The fraction of sp³-hybridized carbons (Fsp3) is 0.357. The van der Waals surface area contributed by atoms with Crippen LogP contribution in [-0.4, -0.2) is 53.7 Å². The van der Waals surface area contributed by atoms with Crippen molar-refractivity contribution in [3.8, 4) is 0 Å². The lowest BCUT2D eigenvalue weighted by Gasteiger charge is -2.26. The number of hydrogen-bond acceptors (Lipinski definition) is 4. The first-order chi connectivity index (χ1) is 9.61. The quantitative estimate of drug-likeness (QED) is 0.836. The highest BCUT2D eigenvalue weighted by atomic mass is 16.5. The minimum Gasteiger partial charge on any atom is -0.477 e. The molecule has 0 saturated carbocycles. The molecule has 6 heteroatoms. The van der Waals surface area contributed by atoms with E-state index in [0.717, 1.165) is 6.42 Å². The molecule has 2 heterocycles. The molecule has 1 N–H and O–H groups in total. The van der Waals surface area contributed by atoms with E-state index < -0.39 is 5.97 Å². The van der Waals surface area contributed by atoms with Gasteiger partial charge in [-0.2, -0.15) is 0 Å². The molecule has 1 aromatic rings. The molecule has 1 aromatic heterocycles. The Labute approximate surface area is 116 Å². The summed E-state index contributed by atoms with van der Waals surface area (Å²) in [7, 11) is 1.65. The van der Waals surface area contributed by atoms with E-state index in [-0.39, 0.29) is 11.6 Å². The average Bonchev–Trinajstić information content (AvgIpc) is 2.48. The lowest BCUT2D eigenvalue weighted by atomic mass is 10.1. The number of nitrogens with zero attached hydrogens (tertiary/aromatic N) is 2. The molecule has 106 valence electrons. The topological polar surface area (TPSA) is 79.7 Å². The third-order valence-corrected chi connectivity index (χ3v) is 3.15. The SMILES string of the molecule is COCC1=CCN(C(=O)c2ccc(C(=O)O)nc2)CC1. The average molecular weight is 276 g/mol. The lowest BCUT2D eigenvalue weighted by Crippen LogP contribution is -2.35. The lowest BCUT2D eigenvalue weighted by molar-refractivity contribution is 0.0687. The zero-order chi connectivity index (χ0) is 14.5. The number of carbonyl (C=O) groups excluding carboxylic acids is 1. The van der Waals surface area contributed by atoms with Crippen molar-refractivity contribution in [3.63, 3.8) is 0 Å². The monoisotopic (exact) mass is 276 g/mol. The van der Waals surface area contributed by atoms with Crippen LogP contribution in [0.1, 0.15) is 27.3 Å². The van der Waals surface area contributed by atoms with Crippen LogP contribution in [0.25, 0.3) is 0 Å². The van der Waals surface area contributed by atoms with Crippen LogP contribution in [-0.2, 0) is 4.74 Å². The molecule has 0 bridgehead atoms. The minimum atomic E-state index is -1.10. The first-order valence-electron chi connectivity index (χ1n) is 6.27. The fourth-order valence-corrected chi connectivity index (χ4v) is 2.04. The van der Waals surface area contributed by atoms with Gasteiger partial charge in [0.1, 0.15) is 5.69 Å². The third-order valence-electron chi connectivity index (χ3n) is 3.15. The summed E-state index contributed by atoms with van der Waals surface area (Å²) < 4.78 is 5.06. The molecule has 0 fully saturated rings. The second-order valence-electron chi connectivity index (χ2n) is 4.53. The Balaban J connectivity index is 2.03. The van der Waals surface area contributed by atoms with Crippen molar-refractivity contribution in [1.82, 2.24) is 9.88 Å². The molecular formula is C14H16N2O4. The van der Waals surface area contributed by atoms with Gasteiger partial charge in [0.2, 0.25) is 0 Å². The molecular weight excluding hydrogens is 260 g/mol. The Morgan fingerprint density at radius 2 is 2.25 bits per heavy atom. The van der Waals surface area contributed by atoms with Gasteiger partial charge in [0.05, 0.1) is 12.2 Å². The molecule has 1 aliphatic rings. The molecule has 0 aliphatic carbocycles. The molecule has 0 saturated heterocycles. The number of aromatic nitrogens is 1. The molecule has 0 aromatic carbocycles. The van der Waals surface area contributed by atoms with E-state index in [1.165, 1.54) is 23.9 Å². The van der Waals surface area contributed by atoms with Crippen molar-refractivity contribution < 1.29 is 19.4 Å². The van der Waals surface area contributed by atoms with Gasteiger partial charge in [-0.15, -0.1) is 0 Å². The molecule has 0 spiro atoms. The molecule has 0 radical (unpaired) electrons. The van der Waals surface area contributed by atoms with Gasteiger partial charge in [-0.3, -0.25) is 4.79 Å². The van der Waals surface area contributed by atoms with Crippen LogP contribution in [0.5, 0.6) is 0 Å². The van der Waals surface area contributed by atoms with E-state index >= 15 is 0 Å². The van der Waals surface area contributed by atoms with Crippen LogP contribution in [0.2, 0.25) is 0 Å². The summed E-state index contributed by atoms with van der Waals surface area (Å²) in [6.45, 7) is 1.77. The second kappa shape index (κ2) is 6.29. The first kappa shape index (κ1) is 14.2. The standard InChI is InChI=1S/C14H16N2O4/c1-20-9-10-4-6-16(7-5-10)13(17)11-2-3-12(14(18)19)15-8-11/h2-4,8H,5-7,9H2,1H3,(H,18,19). The van der Waals surface area contributed by atoms with Gasteiger partial charge in [0, 0.05) is 26.4 Å². The summed E-state index contributed by atoms with van der Waals surface area (Å²) in [4.78, 5) is 28.4. The first-order valence-corrected chi connectivity index (χ1v) is 6.27. The predicted octanol–water partition coefficient (Wildman–Crippen LogP) is 1.20. The molecule has 2 rings (SSSR count). The van der Waals surface area contributed by atoms with Crippen LogP contribution in [0.15, 0.2) is 30.0 Å². The molecule has 1 amide bonds. The number of aromatic carboxylic acids is 1. The Morgan fingerprint density at radius 3 is 2.75 bits per heavy atom. The molecule has 0 unspecified atom stereocenters. The summed E-state index contributed by atoms with van der Waals surface area (Å²) in [5, 5.41) is 8.77. The fourth-order valence-electron chi connectivity index (χ4n) is 2.04. The number of rotatable bonds is 4. The van der Waals surface area contributed by atoms with E-state index in [1.807, 2.05) is 6.08 Å². The van der Waals surface area contributed by atoms with Crippen molar-refractivity contribution in [2.45, 2.75) is 6.42 Å². The highest BCUT2D eigenvalue weighted by Crippen LogP contribution is 2.14. The maximum absolute atomic E-state index is 12.2. The highest BCUT2D eigenvalue weighted by molar-refractivity contribution is 5.95. The number of ether oxygens (including phenoxy) is 1. The van der Waals surface area contributed by atoms with E-state index in [2.05, 4.69) is 4.98 Å². The maximum atomic E-state index is 12.2. The zero-order valence-corrected chi connectivity index (χ0v) is 11.2. The van der Waals surface area contributed by atoms with Gasteiger partial charge in [0.25, 0.3) is 5.91 Å². The zero-order valence-electron chi connectivity index (χ0n) is 11.2. The summed E-state index contributed by atoms with van der Waals surface area (Å²) in [5.41, 5.74) is 1.52. The van der Waals surface area contributed by atoms with Gasteiger partial charge in [-0.25, -0.2) is 9.78 Å². The third kappa shape index (κ3) is 3.21. The second-order valence-corrected chi connectivity index (χ2v) is 4.53. The Morgan fingerprint density at radius 1 is 1.45 bits per heavy atom. The van der Waals surface area contributed by atoms with E-state index in [9.17, 15) is 9.59 Å². The van der Waals surface area contributed by atoms with Crippen molar-refractivity contribution in [2.24, 2.45) is 0 Å². The van der Waals surface area contributed by atoms with Crippen molar-refractivity contribution in [3.05, 3.63) is 41.2 Å². The Kier molecular flexibility index (Phi) is 4.47. The van der Waals surface area contributed by atoms with Gasteiger partial charge in [-0.05, 0) is 24.1 Å². The summed E-state index contributed by atoms with van der Waals surface area (Å²) in [6.07, 6.45) is 4.09. The van der Waals surface area contributed by atoms with Crippen molar-refractivity contribution >= 4 is 11.9 Å². The number of methoxy groups -OCH3 is 1. The molecule has 1 aliphatic heterocycles. The predicted molar refractivity (Wildman–Crippen MR) is 71.7 cm³/mol. The number of carboxylic acids is 1. The normalized spacial score (nSPS) is 14.8. The smallest absolute Gasteiger partial charge is 0.354 e. The van der Waals surface area contributed by atoms with Gasteiger partial charge >= 0.3 is 5.97 Å². The molecule has 20 heavy (non-hydrogen) atoms. The summed E-state index contributed by atoms with van der Waals surface area (Å²) >= 11 is 0. The van der Waals surface area contributed by atoms with Crippen molar-refractivity contribution in [2.75, 3.05) is 26.8 Å². The Bertz CT molecular complexity index is 537. The maximum Gasteiger partial charge on any atom is 0.354 e. The highest BCUT2D eigenvalue weighted by Gasteiger charge is 2.19. The largest absolute Gasteiger partial charge is 0.477 e. The number of amides is 1. The van der Waals surface area contributed by atoms with Gasteiger partial charge in [0.15, 0.2) is 0 Å². The van der Waals surface area contributed by atoms with E-state index in [4.69, 9.17) is 9.84 Å². The number of carboxylic acid groups (broad SMARTS) is 1. The Hall–Kier alpha value is -2.21. The number of carbonyl (C=O) groups is 2. The molecule has 6 nitrogen and oxygen atoms in total. The number of hydrogen-bond donors (Lipinski definition) is 1.